The normalized spacial score (nSPS) is 22.5. The third kappa shape index (κ3) is 4.45. The molecule has 1 unspecified atom stereocenters. The highest BCUT2D eigenvalue weighted by Crippen LogP contribution is 2.24. The molecular formula is C18H30N2O. The van der Waals surface area contributed by atoms with Crippen LogP contribution in [0.15, 0.2) is 24.3 Å². The fraction of sp³-hybridized carbons (Fsp3) is 0.667. The average molecular weight is 290 g/mol. The lowest BCUT2D eigenvalue weighted by molar-refractivity contribution is 0.0535. The lowest BCUT2D eigenvalue weighted by atomic mass is 9.93. The molecule has 3 nitrogen and oxygen atoms in total. The lowest BCUT2D eigenvalue weighted by Crippen LogP contribution is -2.61. The van der Waals surface area contributed by atoms with Gasteiger partial charge in [0.05, 0.1) is 7.11 Å². The van der Waals surface area contributed by atoms with Gasteiger partial charge in [-0.2, -0.15) is 0 Å². The van der Waals surface area contributed by atoms with E-state index in [0.29, 0.717) is 6.04 Å². The zero-order valence-corrected chi connectivity index (χ0v) is 14.1. The summed E-state index contributed by atoms with van der Waals surface area (Å²) in [5.41, 5.74) is 1.52. The van der Waals surface area contributed by atoms with Gasteiger partial charge < -0.3 is 10.1 Å². The van der Waals surface area contributed by atoms with Gasteiger partial charge in [0.25, 0.3) is 0 Å². The van der Waals surface area contributed by atoms with Crippen LogP contribution in [0.25, 0.3) is 0 Å². The van der Waals surface area contributed by atoms with Crippen LogP contribution in [-0.2, 0) is 6.54 Å². The van der Waals surface area contributed by atoms with Gasteiger partial charge in [-0.05, 0) is 43.9 Å². The molecular weight excluding hydrogens is 260 g/mol. The highest BCUT2D eigenvalue weighted by Gasteiger charge is 2.33. The summed E-state index contributed by atoms with van der Waals surface area (Å²) in [7, 11) is 1.73. The molecule has 118 valence electrons. The first-order valence-corrected chi connectivity index (χ1v) is 8.02. The molecule has 0 saturated carbocycles. The summed E-state index contributed by atoms with van der Waals surface area (Å²) in [6.07, 6.45) is 1.24. The van der Waals surface area contributed by atoms with Gasteiger partial charge in [-0.15, -0.1) is 0 Å². The predicted octanol–water partition coefficient (Wildman–Crippen LogP) is 3.29. The molecule has 1 saturated heterocycles. The van der Waals surface area contributed by atoms with Crippen molar-refractivity contribution in [3.8, 4) is 5.75 Å². The SMILES string of the molecule is COc1cccc(CN2CC(CC(C)C)NCC2(C)C)c1. The molecule has 1 atom stereocenters. The summed E-state index contributed by atoms with van der Waals surface area (Å²) in [6.45, 7) is 12.4. The van der Waals surface area contributed by atoms with E-state index < -0.39 is 0 Å². The maximum atomic E-state index is 5.34. The maximum Gasteiger partial charge on any atom is 0.119 e. The number of methoxy groups -OCH3 is 1. The Kier molecular flexibility index (Phi) is 5.28. The van der Waals surface area contributed by atoms with Gasteiger partial charge >= 0.3 is 0 Å². The van der Waals surface area contributed by atoms with Gasteiger partial charge in [-0.3, -0.25) is 4.90 Å². The Hall–Kier alpha value is -1.06. The van der Waals surface area contributed by atoms with Gasteiger partial charge in [0.15, 0.2) is 0 Å². The van der Waals surface area contributed by atoms with Crippen molar-refractivity contribution in [2.24, 2.45) is 5.92 Å². The van der Waals surface area contributed by atoms with Crippen LogP contribution in [0.3, 0.4) is 0 Å². The number of ether oxygens (including phenoxy) is 1. The van der Waals surface area contributed by atoms with Gasteiger partial charge in [0.2, 0.25) is 0 Å². The highest BCUT2D eigenvalue weighted by atomic mass is 16.5. The Morgan fingerprint density at radius 1 is 1.38 bits per heavy atom. The average Bonchev–Trinajstić information content (AvgIpc) is 2.42. The number of rotatable bonds is 5. The van der Waals surface area contributed by atoms with Crippen molar-refractivity contribution in [1.29, 1.82) is 0 Å². The molecule has 0 amide bonds. The van der Waals surface area contributed by atoms with Crippen molar-refractivity contribution in [3.05, 3.63) is 29.8 Å². The number of nitrogens with zero attached hydrogens (tertiary/aromatic N) is 1. The Morgan fingerprint density at radius 3 is 2.81 bits per heavy atom. The summed E-state index contributed by atoms with van der Waals surface area (Å²) >= 11 is 0. The fourth-order valence-corrected chi connectivity index (χ4v) is 3.08. The first kappa shape index (κ1) is 16.3. The lowest BCUT2D eigenvalue weighted by Gasteiger charge is -2.46. The van der Waals surface area contributed by atoms with E-state index in [0.717, 1.165) is 31.3 Å². The first-order valence-electron chi connectivity index (χ1n) is 8.02. The topological polar surface area (TPSA) is 24.5 Å². The standard InChI is InChI=1S/C18H30N2O/c1-14(2)9-16-12-20(18(3,4)13-19-16)11-15-7-6-8-17(10-15)21-5/h6-8,10,14,16,19H,9,11-13H2,1-5H3. The molecule has 1 aromatic carbocycles. The molecule has 0 aromatic heterocycles. The van der Waals surface area contributed by atoms with Gasteiger partial charge in [0, 0.05) is 31.2 Å². The molecule has 1 heterocycles. The van der Waals surface area contributed by atoms with E-state index >= 15 is 0 Å². The molecule has 2 rings (SSSR count). The highest BCUT2D eigenvalue weighted by molar-refractivity contribution is 5.28. The van der Waals surface area contributed by atoms with E-state index in [-0.39, 0.29) is 5.54 Å². The zero-order valence-electron chi connectivity index (χ0n) is 14.1. The summed E-state index contributed by atoms with van der Waals surface area (Å²) in [4.78, 5) is 2.60. The third-order valence-electron chi connectivity index (χ3n) is 4.38. The molecule has 1 aromatic rings. The molecule has 0 spiro atoms. The van der Waals surface area contributed by atoms with Crippen LogP contribution in [0.1, 0.15) is 39.7 Å². The quantitative estimate of drug-likeness (QED) is 0.900. The van der Waals surface area contributed by atoms with Crippen LogP contribution < -0.4 is 10.1 Å². The Balaban J connectivity index is 2.07. The monoisotopic (exact) mass is 290 g/mol. The second-order valence-corrected chi connectivity index (χ2v) is 7.25. The Morgan fingerprint density at radius 2 is 2.14 bits per heavy atom. The van der Waals surface area contributed by atoms with Gasteiger partial charge in [-0.25, -0.2) is 0 Å². The van der Waals surface area contributed by atoms with Crippen molar-refractivity contribution in [2.45, 2.75) is 52.2 Å². The van der Waals surface area contributed by atoms with E-state index in [2.05, 4.69) is 56.1 Å². The number of nitrogens with one attached hydrogen (secondary N) is 1. The van der Waals surface area contributed by atoms with E-state index in [1.807, 2.05) is 6.07 Å². The van der Waals surface area contributed by atoms with Gasteiger partial charge in [-0.1, -0.05) is 26.0 Å². The second kappa shape index (κ2) is 6.80. The van der Waals surface area contributed by atoms with E-state index in [4.69, 9.17) is 4.74 Å². The molecule has 1 aliphatic rings. The largest absolute Gasteiger partial charge is 0.497 e. The Bertz CT molecular complexity index is 456. The number of benzene rings is 1. The molecule has 0 aliphatic carbocycles. The summed E-state index contributed by atoms with van der Waals surface area (Å²) < 4.78 is 5.34. The first-order chi connectivity index (χ1) is 9.90. The van der Waals surface area contributed by atoms with Crippen LogP contribution in [0.2, 0.25) is 0 Å². The zero-order chi connectivity index (χ0) is 15.5. The molecule has 0 bridgehead atoms. The minimum absolute atomic E-state index is 0.191. The molecule has 0 radical (unpaired) electrons. The molecule has 1 aliphatic heterocycles. The van der Waals surface area contributed by atoms with Crippen molar-refractivity contribution < 1.29 is 4.74 Å². The van der Waals surface area contributed by atoms with Crippen molar-refractivity contribution in [1.82, 2.24) is 10.2 Å². The second-order valence-electron chi connectivity index (χ2n) is 7.25. The van der Waals surface area contributed by atoms with Gasteiger partial charge in [0.1, 0.15) is 5.75 Å². The van der Waals surface area contributed by atoms with Crippen molar-refractivity contribution in [3.63, 3.8) is 0 Å². The number of hydrogen-bond acceptors (Lipinski definition) is 3. The van der Waals surface area contributed by atoms with Crippen LogP contribution in [0.5, 0.6) is 5.75 Å². The summed E-state index contributed by atoms with van der Waals surface area (Å²) in [5.74, 6) is 1.68. The number of hydrogen-bond donors (Lipinski definition) is 1. The van der Waals surface area contributed by atoms with Crippen molar-refractivity contribution in [2.75, 3.05) is 20.2 Å². The molecule has 3 heteroatoms. The van der Waals surface area contributed by atoms with Crippen molar-refractivity contribution >= 4 is 0 Å². The summed E-state index contributed by atoms with van der Waals surface area (Å²) in [5, 5.41) is 3.71. The smallest absolute Gasteiger partial charge is 0.119 e. The van der Waals surface area contributed by atoms with Crippen LogP contribution >= 0.6 is 0 Å². The maximum absolute atomic E-state index is 5.34. The van der Waals surface area contributed by atoms with E-state index in [1.54, 1.807) is 7.11 Å². The van der Waals surface area contributed by atoms with E-state index in [9.17, 15) is 0 Å². The molecule has 21 heavy (non-hydrogen) atoms. The minimum Gasteiger partial charge on any atom is -0.497 e. The fourth-order valence-electron chi connectivity index (χ4n) is 3.08. The molecule has 1 N–H and O–H groups in total. The van der Waals surface area contributed by atoms with Crippen LogP contribution in [-0.4, -0.2) is 36.7 Å². The number of piperazine rings is 1. The molecule has 1 fully saturated rings. The van der Waals surface area contributed by atoms with Crippen LogP contribution in [0, 0.1) is 5.92 Å². The van der Waals surface area contributed by atoms with Crippen LogP contribution in [0.4, 0.5) is 0 Å². The summed E-state index contributed by atoms with van der Waals surface area (Å²) in [6, 6.07) is 9.03. The van der Waals surface area contributed by atoms with E-state index in [1.165, 1.54) is 12.0 Å². The predicted molar refractivity (Wildman–Crippen MR) is 88.7 cm³/mol. The minimum atomic E-state index is 0.191. The third-order valence-corrected chi connectivity index (χ3v) is 4.38. The Labute approximate surface area is 129 Å².